The van der Waals surface area contributed by atoms with Crippen molar-refractivity contribution in [2.24, 2.45) is 4.99 Å². The van der Waals surface area contributed by atoms with Gasteiger partial charge >= 0.3 is 5.97 Å². The van der Waals surface area contributed by atoms with Gasteiger partial charge in [-0.25, -0.2) is 14.2 Å². The number of esters is 1. The number of phenolic OH excluding ortho intramolecular Hbond substituents is 1. The van der Waals surface area contributed by atoms with E-state index >= 15 is 0 Å². The Hall–Kier alpha value is -3.82. The van der Waals surface area contributed by atoms with Crippen molar-refractivity contribution in [3.05, 3.63) is 125 Å². The lowest BCUT2D eigenvalue weighted by Gasteiger charge is -2.25. The first kappa shape index (κ1) is 24.9. The topological polar surface area (TPSA) is 80.9 Å². The van der Waals surface area contributed by atoms with E-state index in [0.29, 0.717) is 31.7 Å². The van der Waals surface area contributed by atoms with E-state index in [9.17, 15) is 19.1 Å². The van der Waals surface area contributed by atoms with Gasteiger partial charge in [0.25, 0.3) is 5.56 Å². The highest BCUT2D eigenvalue weighted by atomic mass is 79.9. The number of rotatable bonds is 5. The third-order valence-corrected chi connectivity index (χ3v) is 7.31. The van der Waals surface area contributed by atoms with Crippen LogP contribution in [-0.2, 0) is 9.53 Å². The molecule has 0 unspecified atom stereocenters. The molecule has 1 N–H and O–H groups in total. The van der Waals surface area contributed by atoms with Gasteiger partial charge in [0.2, 0.25) is 0 Å². The Kier molecular flexibility index (Phi) is 6.90. The summed E-state index contributed by atoms with van der Waals surface area (Å²) >= 11 is 4.53. The fourth-order valence-corrected chi connectivity index (χ4v) is 5.55. The number of fused-ring (bicyclic) bond motifs is 1. The third-order valence-electron chi connectivity index (χ3n) is 5.84. The van der Waals surface area contributed by atoms with Gasteiger partial charge in [0, 0.05) is 15.6 Å². The summed E-state index contributed by atoms with van der Waals surface area (Å²) in [7, 11) is 0. The second-order valence-corrected chi connectivity index (χ2v) is 10.1. The largest absolute Gasteiger partial charge is 0.507 e. The summed E-state index contributed by atoms with van der Waals surface area (Å²) in [5.41, 5.74) is 1.83. The van der Waals surface area contributed by atoms with Crippen LogP contribution in [0.3, 0.4) is 0 Å². The number of aromatic nitrogens is 1. The van der Waals surface area contributed by atoms with E-state index in [4.69, 9.17) is 9.73 Å². The molecule has 1 atom stereocenters. The summed E-state index contributed by atoms with van der Waals surface area (Å²) < 4.78 is 21.7. The predicted molar refractivity (Wildman–Crippen MR) is 143 cm³/mol. The summed E-state index contributed by atoms with van der Waals surface area (Å²) in [6, 6.07) is 18.9. The summed E-state index contributed by atoms with van der Waals surface area (Å²) in [5.74, 6) is -1.04. The van der Waals surface area contributed by atoms with Crippen LogP contribution in [-0.4, -0.2) is 22.2 Å². The summed E-state index contributed by atoms with van der Waals surface area (Å²) in [5, 5.41) is 10.3. The molecule has 0 fully saturated rings. The van der Waals surface area contributed by atoms with Gasteiger partial charge < -0.3 is 9.84 Å². The van der Waals surface area contributed by atoms with Crippen molar-refractivity contribution in [2.75, 3.05) is 6.61 Å². The number of phenols is 1. The molecule has 9 heteroatoms. The molecule has 5 rings (SSSR count). The molecular weight excluding hydrogens is 559 g/mol. The molecule has 3 aromatic carbocycles. The van der Waals surface area contributed by atoms with Crippen molar-refractivity contribution in [2.45, 2.75) is 13.0 Å². The fraction of sp³-hybridized carbons (Fsp3) is 0.107. The lowest BCUT2D eigenvalue weighted by Crippen LogP contribution is -2.40. The molecule has 186 valence electrons. The maximum Gasteiger partial charge on any atom is 0.338 e. The number of benzene rings is 3. The van der Waals surface area contributed by atoms with Gasteiger partial charge in [-0.15, -0.1) is 0 Å². The molecule has 0 amide bonds. The van der Waals surface area contributed by atoms with Gasteiger partial charge in [-0.2, -0.15) is 0 Å². The van der Waals surface area contributed by atoms with Crippen molar-refractivity contribution < 1.29 is 19.0 Å². The molecule has 37 heavy (non-hydrogen) atoms. The van der Waals surface area contributed by atoms with Crippen molar-refractivity contribution in [1.29, 1.82) is 0 Å². The van der Waals surface area contributed by atoms with Gasteiger partial charge in [-0.05, 0) is 48.9 Å². The molecule has 2 heterocycles. The van der Waals surface area contributed by atoms with E-state index in [1.54, 1.807) is 37.3 Å². The van der Waals surface area contributed by atoms with E-state index < -0.39 is 23.4 Å². The molecule has 4 aromatic rings. The SMILES string of the molecule is CCOC(=O)C1=C(c2ccccc2)N=c2s/c(=C\c3cc(Br)ccc3O)c(=O)n2[C@H]1c1ccc(F)cc1. The molecule has 0 radical (unpaired) electrons. The van der Waals surface area contributed by atoms with Gasteiger partial charge in [0.15, 0.2) is 4.80 Å². The van der Waals surface area contributed by atoms with Gasteiger partial charge in [0.1, 0.15) is 11.6 Å². The van der Waals surface area contributed by atoms with Crippen LogP contribution in [0.4, 0.5) is 4.39 Å². The Labute approximate surface area is 223 Å². The highest BCUT2D eigenvalue weighted by Crippen LogP contribution is 2.35. The summed E-state index contributed by atoms with van der Waals surface area (Å²) in [4.78, 5) is 32.3. The summed E-state index contributed by atoms with van der Waals surface area (Å²) in [6.07, 6.45) is 1.59. The second kappa shape index (κ2) is 10.3. The van der Waals surface area contributed by atoms with E-state index in [2.05, 4.69) is 15.9 Å². The standard InChI is InChI=1S/C28H20BrFN2O4S/c1-2-36-27(35)23-24(16-6-4-3-5-7-16)31-28-32(25(23)17-8-11-20(30)12-9-17)26(34)22(37-28)15-18-14-19(29)10-13-21(18)33/h3-15,25,33H,2H2,1H3/b22-15-/t25-/m0/s1. The molecular formula is C28H20BrFN2O4S. The van der Waals surface area contributed by atoms with Crippen molar-refractivity contribution >= 4 is 45.0 Å². The number of thiazole rings is 1. The molecule has 1 aliphatic heterocycles. The van der Waals surface area contributed by atoms with Crippen LogP contribution < -0.4 is 14.9 Å². The van der Waals surface area contributed by atoms with E-state index in [1.807, 2.05) is 30.3 Å². The molecule has 0 saturated carbocycles. The van der Waals surface area contributed by atoms with Gasteiger partial charge in [-0.3, -0.25) is 9.36 Å². The molecule has 0 bridgehead atoms. The number of carbonyl (C=O) groups is 1. The lowest BCUT2D eigenvalue weighted by molar-refractivity contribution is -0.138. The minimum absolute atomic E-state index is 0.0151. The Balaban J connectivity index is 1.84. The maximum absolute atomic E-state index is 13.8. The van der Waals surface area contributed by atoms with Crippen LogP contribution in [0.25, 0.3) is 11.8 Å². The molecule has 0 aliphatic carbocycles. The lowest BCUT2D eigenvalue weighted by atomic mass is 9.93. The second-order valence-electron chi connectivity index (χ2n) is 8.19. The Bertz CT molecular complexity index is 1710. The molecule has 0 saturated heterocycles. The molecule has 1 aromatic heterocycles. The van der Waals surface area contributed by atoms with E-state index in [-0.39, 0.29) is 17.9 Å². The average molecular weight is 579 g/mol. The van der Waals surface area contributed by atoms with Crippen molar-refractivity contribution in [1.82, 2.24) is 4.57 Å². The molecule has 6 nitrogen and oxygen atoms in total. The van der Waals surface area contributed by atoms with Crippen LogP contribution in [0.1, 0.15) is 29.7 Å². The number of nitrogens with zero attached hydrogens (tertiary/aromatic N) is 2. The van der Waals surface area contributed by atoms with E-state index in [1.165, 1.54) is 22.8 Å². The number of ether oxygens (including phenoxy) is 1. The zero-order valence-electron chi connectivity index (χ0n) is 19.5. The first-order valence-electron chi connectivity index (χ1n) is 11.4. The van der Waals surface area contributed by atoms with Crippen molar-refractivity contribution in [3.8, 4) is 5.75 Å². The highest BCUT2D eigenvalue weighted by molar-refractivity contribution is 9.10. The Morgan fingerprint density at radius 2 is 1.89 bits per heavy atom. The van der Waals surface area contributed by atoms with Crippen LogP contribution in [0, 0.1) is 5.82 Å². The molecule has 1 aliphatic rings. The maximum atomic E-state index is 13.8. The first-order chi connectivity index (χ1) is 17.9. The number of aromatic hydroxyl groups is 1. The minimum atomic E-state index is -0.899. The van der Waals surface area contributed by atoms with E-state index in [0.717, 1.165) is 15.8 Å². The summed E-state index contributed by atoms with van der Waals surface area (Å²) in [6.45, 7) is 1.83. The quantitative estimate of drug-likeness (QED) is 0.352. The molecule has 0 spiro atoms. The zero-order valence-corrected chi connectivity index (χ0v) is 21.9. The predicted octanol–water partition coefficient (Wildman–Crippen LogP) is 4.54. The number of hydrogen-bond acceptors (Lipinski definition) is 6. The number of hydrogen-bond donors (Lipinski definition) is 1. The first-order valence-corrected chi connectivity index (χ1v) is 13.0. The zero-order chi connectivity index (χ0) is 26.1. The monoisotopic (exact) mass is 578 g/mol. The van der Waals surface area contributed by atoms with Crippen LogP contribution in [0.5, 0.6) is 5.75 Å². The minimum Gasteiger partial charge on any atom is -0.507 e. The van der Waals surface area contributed by atoms with Crippen LogP contribution in [0.2, 0.25) is 0 Å². The Morgan fingerprint density at radius 1 is 1.16 bits per heavy atom. The smallest absolute Gasteiger partial charge is 0.338 e. The highest BCUT2D eigenvalue weighted by Gasteiger charge is 2.35. The average Bonchev–Trinajstić information content (AvgIpc) is 3.21. The van der Waals surface area contributed by atoms with Gasteiger partial charge in [0.05, 0.1) is 28.5 Å². The van der Waals surface area contributed by atoms with Crippen molar-refractivity contribution in [3.63, 3.8) is 0 Å². The van der Waals surface area contributed by atoms with Crippen LogP contribution in [0.15, 0.2) is 92.6 Å². The van der Waals surface area contributed by atoms with Crippen LogP contribution >= 0.6 is 27.3 Å². The van der Waals surface area contributed by atoms with Gasteiger partial charge in [-0.1, -0.05) is 69.7 Å². The normalized spacial score (nSPS) is 15.3. The number of halogens is 2. The Morgan fingerprint density at radius 3 is 2.59 bits per heavy atom. The fourth-order valence-electron chi connectivity index (χ4n) is 4.18. The third kappa shape index (κ3) is 4.80. The number of carbonyl (C=O) groups excluding carboxylic acids is 1.